The van der Waals surface area contributed by atoms with Gasteiger partial charge in [0, 0.05) is 44.8 Å². The van der Waals surface area contributed by atoms with E-state index in [1.54, 1.807) is 0 Å². The molecular formula is C23H35N3O3S. The number of hydrogen-bond donors (Lipinski definition) is 0. The molecule has 1 atom stereocenters. The maximum absolute atomic E-state index is 13.3. The van der Waals surface area contributed by atoms with Gasteiger partial charge in [0.05, 0.1) is 18.1 Å². The van der Waals surface area contributed by atoms with Crippen LogP contribution in [0.15, 0.2) is 24.3 Å². The summed E-state index contributed by atoms with van der Waals surface area (Å²) in [5.74, 6) is 0.516. The van der Waals surface area contributed by atoms with Gasteiger partial charge in [0.25, 0.3) is 0 Å². The van der Waals surface area contributed by atoms with Gasteiger partial charge >= 0.3 is 0 Å². The minimum atomic E-state index is -2.99. The first-order valence-electron chi connectivity index (χ1n) is 11.4. The highest BCUT2D eigenvalue weighted by Crippen LogP contribution is 2.29. The molecule has 0 aromatic heterocycles. The molecule has 0 radical (unpaired) electrons. The Morgan fingerprint density at radius 2 is 1.67 bits per heavy atom. The predicted molar refractivity (Wildman–Crippen MR) is 119 cm³/mol. The highest BCUT2D eigenvalue weighted by molar-refractivity contribution is 7.91. The van der Waals surface area contributed by atoms with Crippen LogP contribution in [0, 0.1) is 6.92 Å². The summed E-state index contributed by atoms with van der Waals surface area (Å²) in [5.41, 5.74) is 2.70. The van der Waals surface area contributed by atoms with Gasteiger partial charge in [-0.3, -0.25) is 14.6 Å². The Morgan fingerprint density at radius 3 is 2.30 bits per heavy atom. The number of aryl methyl sites for hydroxylation is 1. The zero-order chi connectivity index (χ0) is 21.1. The molecule has 30 heavy (non-hydrogen) atoms. The Labute approximate surface area is 181 Å². The SMILES string of the molecule is Cc1ccccc1CN1CCN(CC(=O)N(C2CCCC2)[C@H]2CCS(=O)(=O)C2)CC1. The van der Waals surface area contributed by atoms with Crippen LogP contribution in [0.5, 0.6) is 0 Å². The molecule has 0 bridgehead atoms. The normalized spacial score (nSPS) is 25.6. The Morgan fingerprint density at radius 1 is 1.00 bits per heavy atom. The summed E-state index contributed by atoms with van der Waals surface area (Å²) in [7, 11) is -2.99. The Kier molecular flexibility index (Phi) is 6.80. The van der Waals surface area contributed by atoms with Crippen molar-refractivity contribution in [3.8, 4) is 0 Å². The fourth-order valence-electron chi connectivity index (χ4n) is 5.29. The third kappa shape index (κ3) is 5.24. The quantitative estimate of drug-likeness (QED) is 0.687. The van der Waals surface area contributed by atoms with E-state index in [9.17, 15) is 13.2 Å². The van der Waals surface area contributed by atoms with E-state index in [-0.39, 0.29) is 29.5 Å². The molecule has 0 unspecified atom stereocenters. The highest BCUT2D eigenvalue weighted by Gasteiger charge is 2.39. The van der Waals surface area contributed by atoms with Crippen molar-refractivity contribution in [1.29, 1.82) is 0 Å². The molecule has 1 aliphatic carbocycles. The summed E-state index contributed by atoms with van der Waals surface area (Å²) in [6.45, 7) is 7.24. The van der Waals surface area contributed by atoms with Crippen molar-refractivity contribution in [2.75, 3.05) is 44.2 Å². The molecule has 1 aromatic rings. The number of hydrogen-bond acceptors (Lipinski definition) is 5. The molecule has 1 saturated carbocycles. The first kappa shape index (κ1) is 21.8. The molecule has 166 valence electrons. The zero-order valence-electron chi connectivity index (χ0n) is 18.1. The number of amides is 1. The summed E-state index contributed by atoms with van der Waals surface area (Å²) in [4.78, 5) is 20.0. The second kappa shape index (κ2) is 9.37. The number of piperazine rings is 1. The van der Waals surface area contributed by atoms with Crippen LogP contribution in [0.3, 0.4) is 0 Å². The van der Waals surface area contributed by atoms with Gasteiger partial charge in [-0.2, -0.15) is 0 Å². The molecule has 6 nitrogen and oxygen atoms in total. The van der Waals surface area contributed by atoms with Gasteiger partial charge in [0.2, 0.25) is 5.91 Å². The van der Waals surface area contributed by atoms with E-state index in [1.165, 1.54) is 11.1 Å². The van der Waals surface area contributed by atoms with Gasteiger partial charge in [-0.05, 0) is 37.3 Å². The van der Waals surface area contributed by atoms with Crippen LogP contribution in [0.1, 0.15) is 43.2 Å². The van der Waals surface area contributed by atoms with E-state index in [0.717, 1.165) is 58.4 Å². The number of benzene rings is 1. The summed E-state index contributed by atoms with van der Waals surface area (Å²) < 4.78 is 24.1. The van der Waals surface area contributed by atoms with Gasteiger partial charge in [0.1, 0.15) is 0 Å². The topological polar surface area (TPSA) is 60.9 Å². The smallest absolute Gasteiger partial charge is 0.237 e. The van der Waals surface area contributed by atoms with Gasteiger partial charge in [-0.1, -0.05) is 37.1 Å². The van der Waals surface area contributed by atoms with E-state index in [4.69, 9.17) is 0 Å². The summed E-state index contributed by atoms with van der Waals surface area (Å²) in [5, 5.41) is 0. The van der Waals surface area contributed by atoms with E-state index < -0.39 is 9.84 Å². The van der Waals surface area contributed by atoms with E-state index in [2.05, 4.69) is 41.0 Å². The number of carbonyl (C=O) groups excluding carboxylic acids is 1. The molecule has 7 heteroatoms. The predicted octanol–water partition coefficient (Wildman–Crippen LogP) is 2.07. The average molecular weight is 434 g/mol. The minimum Gasteiger partial charge on any atom is -0.335 e. The zero-order valence-corrected chi connectivity index (χ0v) is 18.9. The maximum atomic E-state index is 13.3. The average Bonchev–Trinajstić information content (AvgIpc) is 3.35. The van der Waals surface area contributed by atoms with Crippen LogP contribution in [0.25, 0.3) is 0 Å². The van der Waals surface area contributed by atoms with Crippen molar-refractivity contribution in [2.45, 2.75) is 57.7 Å². The standard InChI is InChI=1S/C23H35N3O3S/c1-19-6-2-3-7-20(19)16-24-11-13-25(14-12-24)17-23(27)26(21-8-4-5-9-21)22-10-15-30(28,29)18-22/h2-3,6-7,21-22H,4-5,8-18H2,1H3/t22-/m0/s1. The van der Waals surface area contributed by atoms with Crippen LogP contribution in [-0.4, -0.2) is 85.3 Å². The fraction of sp³-hybridized carbons (Fsp3) is 0.696. The van der Waals surface area contributed by atoms with Crippen molar-refractivity contribution in [2.24, 2.45) is 0 Å². The maximum Gasteiger partial charge on any atom is 0.237 e. The number of carbonyl (C=O) groups is 1. The lowest BCUT2D eigenvalue weighted by Crippen LogP contribution is -2.53. The number of rotatable bonds is 6. The molecule has 0 N–H and O–H groups in total. The molecule has 3 fully saturated rings. The Balaban J connectivity index is 1.33. The van der Waals surface area contributed by atoms with E-state index in [0.29, 0.717) is 13.0 Å². The largest absolute Gasteiger partial charge is 0.335 e. The first-order chi connectivity index (χ1) is 14.4. The molecule has 1 aromatic carbocycles. The van der Waals surface area contributed by atoms with E-state index >= 15 is 0 Å². The van der Waals surface area contributed by atoms with E-state index in [1.807, 2.05) is 4.90 Å². The van der Waals surface area contributed by atoms with Crippen molar-refractivity contribution < 1.29 is 13.2 Å². The Hall–Kier alpha value is -1.44. The van der Waals surface area contributed by atoms with Gasteiger partial charge < -0.3 is 4.90 Å². The van der Waals surface area contributed by atoms with Crippen LogP contribution in [0.4, 0.5) is 0 Å². The molecule has 3 aliphatic rings. The monoisotopic (exact) mass is 433 g/mol. The second-order valence-electron chi connectivity index (χ2n) is 9.27. The van der Waals surface area contributed by atoms with Crippen molar-refractivity contribution >= 4 is 15.7 Å². The molecule has 4 rings (SSSR count). The molecule has 2 heterocycles. The minimum absolute atomic E-state index is 0.118. The lowest BCUT2D eigenvalue weighted by molar-refractivity contribution is -0.137. The lowest BCUT2D eigenvalue weighted by Gasteiger charge is -2.38. The number of nitrogens with zero attached hydrogens (tertiary/aromatic N) is 3. The van der Waals surface area contributed by atoms with Crippen LogP contribution in [-0.2, 0) is 21.2 Å². The van der Waals surface area contributed by atoms with Crippen LogP contribution >= 0.6 is 0 Å². The van der Waals surface area contributed by atoms with Gasteiger partial charge in [0.15, 0.2) is 9.84 Å². The third-order valence-corrected chi connectivity index (χ3v) is 8.84. The molecule has 1 amide bonds. The lowest BCUT2D eigenvalue weighted by atomic mass is 10.1. The van der Waals surface area contributed by atoms with Crippen LogP contribution in [0.2, 0.25) is 0 Å². The van der Waals surface area contributed by atoms with Crippen LogP contribution < -0.4 is 0 Å². The molecule has 2 aliphatic heterocycles. The summed E-state index contributed by atoms with van der Waals surface area (Å²) >= 11 is 0. The molecular weight excluding hydrogens is 398 g/mol. The molecule has 0 spiro atoms. The second-order valence-corrected chi connectivity index (χ2v) is 11.5. The first-order valence-corrected chi connectivity index (χ1v) is 13.2. The third-order valence-electron chi connectivity index (χ3n) is 7.09. The van der Waals surface area contributed by atoms with Gasteiger partial charge in [-0.25, -0.2) is 8.42 Å². The van der Waals surface area contributed by atoms with Crippen molar-refractivity contribution in [3.63, 3.8) is 0 Å². The van der Waals surface area contributed by atoms with Gasteiger partial charge in [-0.15, -0.1) is 0 Å². The Bertz CT molecular complexity index is 843. The number of sulfone groups is 1. The fourth-order valence-corrected chi connectivity index (χ4v) is 7.00. The summed E-state index contributed by atoms with van der Waals surface area (Å²) in [6.07, 6.45) is 4.94. The van der Waals surface area contributed by atoms with Crippen molar-refractivity contribution in [3.05, 3.63) is 35.4 Å². The van der Waals surface area contributed by atoms with Crippen molar-refractivity contribution in [1.82, 2.24) is 14.7 Å². The molecule has 2 saturated heterocycles. The highest BCUT2D eigenvalue weighted by atomic mass is 32.2. The summed E-state index contributed by atoms with van der Waals surface area (Å²) in [6, 6.07) is 8.64.